The zero-order valence-corrected chi connectivity index (χ0v) is 20.1. The molecule has 35 heavy (non-hydrogen) atoms. The lowest BCUT2D eigenvalue weighted by molar-refractivity contribution is 0.277. The average molecular weight is 483 g/mol. The van der Waals surface area contributed by atoms with Gasteiger partial charge in [0.2, 0.25) is 0 Å². The molecule has 2 aliphatic rings. The summed E-state index contributed by atoms with van der Waals surface area (Å²) in [7, 11) is 0. The monoisotopic (exact) mass is 482 g/mol. The lowest BCUT2D eigenvalue weighted by Crippen LogP contribution is -2.47. The van der Waals surface area contributed by atoms with E-state index in [0.29, 0.717) is 34.2 Å². The first-order chi connectivity index (χ1) is 17.1. The number of allylic oxidation sites excluding steroid dienone is 1. The van der Waals surface area contributed by atoms with Crippen LogP contribution < -0.4 is 16.4 Å². The number of amidine groups is 1. The molecule has 0 spiro atoms. The summed E-state index contributed by atoms with van der Waals surface area (Å²) in [5.41, 5.74) is 16.1. The van der Waals surface area contributed by atoms with Crippen LogP contribution in [0.5, 0.6) is 0 Å². The Morgan fingerprint density at radius 1 is 1.00 bits per heavy atom. The van der Waals surface area contributed by atoms with Crippen molar-refractivity contribution in [1.82, 2.24) is 4.90 Å². The Hall–Kier alpha value is -3.79. The van der Waals surface area contributed by atoms with E-state index < -0.39 is 5.92 Å². The topological polar surface area (TPSA) is 94.7 Å². The Morgan fingerprint density at radius 2 is 1.71 bits per heavy atom. The van der Waals surface area contributed by atoms with Crippen LogP contribution in [0.15, 0.2) is 94.8 Å². The number of halogens is 1. The molecule has 5 rings (SSSR count). The van der Waals surface area contributed by atoms with Crippen molar-refractivity contribution in [3.8, 4) is 6.07 Å². The summed E-state index contributed by atoms with van der Waals surface area (Å²) in [4.78, 5) is 9.36. The molecule has 7 heteroatoms. The van der Waals surface area contributed by atoms with E-state index in [9.17, 15) is 5.26 Å². The molecule has 0 radical (unpaired) electrons. The van der Waals surface area contributed by atoms with E-state index >= 15 is 0 Å². The van der Waals surface area contributed by atoms with Gasteiger partial charge in [-0.3, -0.25) is 4.90 Å². The van der Waals surface area contributed by atoms with E-state index in [0.717, 1.165) is 31.7 Å². The summed E-state index contributed by atoms with van der Waals surface area (Å²) in [6.07, 6.45) is 1.43. The molecule has 1 unspecified atom stereocenters. The summed E-state index contributed by atoms with van der Waals surface area (Å²) in [5.74, 6) is -0.0935. The van der Waals surface area contributed by atoms with Gasteiger partial charge in [0.1, 0.15) is 5.84 Å². The van der Waals surface area contributed by atoms with Crippen molar-refractivity contribution < 1.29 is 0 Å². The van der Waals surface area contributed by atoms with Crippen LogP contribution in [0.4, 0.5) is 5.69 Å². The highest BCUT2D eigenvalue weighted by Gasteiger charge is 2.33. The summed E-state index contributed by atoms with van der Waals surface area (Å²) < 4.78 is 0. The van der Waals surface area contributed by atoms with Crippen LogP contribution in [-0.4, -0.2) is 43.5 Å². The van der Waals surface area contributed by atoms with Crippen LogP contribution in [0.1, 0.15) is 11.5 Å². The van der Waals surface area contributed by atoms with E-state index in [2.05, 4.69) is 63.3 Å². The second kappa shape index (κ2) is 9.83. The molecule has 3 aromatic rings. The molecule has 1 saturated heterocycles. The third kappa shape index (κ3) is 4.37. The molecule has 3 aromatic carbocycles. The molecule has 1 atom stereocenters. The van der Waals surface area contributed by atoms with Gasteiger partial charge in [0, 0.05) is 60.6 Å². The van der Waals surface area contributed by atoms with E-state index in [4.69, 9.17) is 23.1 Å². The van der Waals surface area contributed by atoms with Gasteiger partial charge in [0.15, 0.2) is 0 Å². The number of piperazine rings is 1. The Bertz CT molecular complexity index is 1390. The number of nitrogens with zero attached hydrogens (tertiary/aromatic N) is 4. The quantitative estimate of drug-likeness (QED) is 0.575. The summed E-state index contributed by atoms with van der Waals surface area (Å²) in [6.45, 7) is 4.05. The van der Waals surface area contributed by atoms with Crippen LogP contribution in [0.25, 0.3) is 10.8 Å². The van der Waals surface area contributed by atoms with E-state index in [-0.39, 0.29) is 0 Å². The van der Waals surface area contributed by atoms with Crippen molar-refractivity contribution in [3.05, 3.63) is 100 Å². The third-order valence-electron chi connectivity index (χ3n) is 6.83. The first kappa shape index (κ1) is 23.0. The van der Waals surface area contributed by atoms with E-state index in [1.165, 1.54) is 22.7 Å². The molecule has 0 saturated carbocycles. The van der Waals surface area contributed by atoms with E-state index in [1.807, 2.05) is 24.3 Å². The number of rotatable bonds is 4. The first-order valence-electron chi connectivity index (χ1n) is 11.7. The van der Waals surface area contributed by atoms with Gasteiger partial charge in [-0.15, -0.1) is 0 Å². The van der Waals surface area contributed by atoms with Gasteiger partial charge in [0.25, 0.3) is 0 Å². The van der Waals surface area contributed by atoms with Gasteiger partial charge in [-0.05, 0) is 23.1 Å². The Balaban J connectivity index is 1.39. The lowest BCUT2D eigenvalue weighted by atomic mass is 9.82. The average Bonchev–Trinajstić information content (AvgIpc) is 2.89. The normalized spacial score (nSPS) is 20.2. The summed E-state index contributed by atoms with van der Waals surface area (Å²) in [5, 5.41) is 13.2. The maximum atomic E-state index is 10.1. The highest BCUT2D eigenvalue weighted by Crippen LogP contribution is 2.40. The Labute approximate surface area is 210 Å². The fraction of sp³-hybridized carbons (Fsp3) is 0.214. The van der Waals surface area contributed by atoms with Gasteiger partial charge in [0.05, 0.1) is 23.3 Å². The second-order valence-corrected chi connectivity index (χ2v) is 9.21. The molecule has 2 aliphatic heterocycles. The van der Waals surface area contributed by atoms with Crippen molar-refractivity contribution in [2.24, 2.45) is 16.5 Å². The third-order valence-corrected chi connectivity index (χ3v) is 7.18. The number of nitrogens with two attached hydrogens (primary N) is 2. The molecule has 176 valence electrons. The Kier molecular flexibility index (Phi) is 6.45. The van der Waals surface area contributed by atoms with Crippen LogP contribution >= 0.6 is 11.6 Å². The largest absolute Gasteiger partial charge is 0.404 e. The minimum atomic E-state index is -0.428. The zero-order chi connectivity index (χ0) is 24.4. The predicted molar refractivity (Wildman–Crippen MR) is 143 cm³/mol. The van der Waals surface area contributed by atoms with Crippen LogP contribution in [0.2, 0.25) is 5.02 Å². The van der Waals surface area contributed by atoms with Crippen LogP contribution in [-0.2, 0) is 0 Å². The van der Waals surface area contributed by atoms with Gasteiger partial charge >= 0.3 is 0 Å². The molecule has 2 heterocycles. The maximum absolute atomic E-state index is 10.1. The molecule has 0 aromatic heterocycles. The fourth-order valence-corrected chi connectivity index (χ4v) is 5.29. The van der Waals surface area contributed by atoms with Crippen molar-refractivity contribution in [1.29, 1.82) is 5.26 Å². The van der Waals surface area contributed by atoms with Crippen molar-refractivity contribution in [3.63, 3.8) is 0 Å². The van der Waals surface area contributed by atoms with Crippen LogP contribution in [0.3, 0.4) is 0 Å². The van der Waals surface area contributed by atoms with Crippen LogP contribution in [0, 0.1) is 11.3 Å². The molecular weight excluding hydrogens is 456 g/mol. The second-order valence-electron chi connectivity index (χ2n) is 8.81. The molecular formula is C28H27ClN6. The smallest absolute Gasteiger partial charge is 0.129 e. The van der Waals surface area contributed by atoms with Crippen molar-refractivity contribution >= 4 is 33.9 Å². The number of fused-ring (bicyclic) bond motifs is 1. The number of hydrogen-bond acceptors (Lipinski definition) is 6. The highest BCUT2D eigenvalue weighted by molar-refractivity contribution is 6.31. The fourth-order valence-electron chi connectivity index (χ4n) is 5.05. The number of aliphatic imine (C=N–C) groups is 1. The predicted octanol–water partition coefficient (Wildman–Crippen LogP) is 4.39. The maximum Gasteiger partial charge on any atom is 0.129 e. The minimum Gasteiger partial charge on any atom is -0.404 e. The summed E-state index contributed by atoms with van der Waals surface area (Å²) in [6, 6.07) is 24.8. The lowest BCUT2D eigenvalue weighted by Gasteiger charge is -2.37. The van der Waals surface area contributed by atoms with Gasteiger partial charge in [-0.25, -0.2) is 4.99 Å². The molecule has 4 N–H and O–H groups in total. The SMILES string of the molecule is N#CC1=C(CN2CCN(c3cccc4ccccc34)CC2)N=C(N)/C(=C\N)C1c1ccccc1Cl. The molecule has 0 amide bonds. The van der Waals surface area contributed by atoms with Gasteiger partial charge in [-0.2, -0.15) is 5.26 Å². The van der Waals surface area contributed by atoms with Crippen molar-refractivity contribution in [2.45, 2.75) is 5.92 Å². The van der Waals surface area contributed by atoms with Gasteiger partial charge in [-0.1, -0.05) is 66.2 Å². The molecule has 1 fully saturated rings. The first-order valence-corrected chi connectivity index (χ1v) is 12.1. The molecule has 0 bridgehead atoms. The molecule has 0 aliphatic carbocycles. The number of hydrogen-bond donors (Lipinski definition) is 2. The van der Waals surface area contributed by atoms with Gasteiger partial charge < -0.3 is 16.4 Å². The zero-order valence-electron chi connectivity index (χ0n) is 19.4. The minimum absolute atomic E-state index is 0.334. The standard InChI is InChI=1S/C28H27ClN6/c29-24-10-4-3-9-21(24)27-22(16-30)25(33-28(32)23(27)17-31)18-34-12-14-35(15-13-34)26-11-5-7-19-6-1-2-8-20(19)26/h1-11,17,27H,12-15,18,31H2,(H2,32,33)/b23-17-. The number of anilines is 1. The number of nitriles is 1. The Morgan fingerprint density at radius 3 is 2.46 bits per heavy atom. The number of benzene rings is 3. The molecule has 6 nitrogen and oxygen atoms in total. The highest BCUT2D eigenvalue weighted by atomic mass is 35.5. The van der Waals surface area contributed by atoms with Crippen molar-refractivity contribution in [2.75, 3.05) is 37.6 Å². The van der Waals surface area contributed by atoms with E-state index in [1.54, 1.807) is 0 Å². The summed E-state index contributed by atoms with van der Waals surface area (Å²) >= 11 is 6.51.